The maximum atomic E-state index is 12.6. The smallest absolute Gasteiger partial charge is 0.258 e. The molecule has 5 heteroatoms. The zero-order valence-corrected chi connectivity index (χ0v) is 10.9. The van der Waals surface area contributed by atoms with E-state index in [4.69, 9.17) is 0 Å². The zero-order chi connectivity index (χ0) is 13.4. The van der Waals surface area contributed by atoms with E-state index in [9.17, 15) is 9.90 Å². The number of hydrogen-bond donors (Lipinski definition) is 1. The van der Waals surface area contributed by atoms with Crippen molar-refractivity contribution in [1.29, 1.82) is 0 Å². The fraction of sp³-hybridized carbons (Fsp3) is 0.429. The molecule has 100 valence electrons. The van der Waals surface area contributed by atoms with Gasteiger partial charge in [-0.3, -0.25) is 4.79 Å². The zero-order valence-electron chi connectivity index (χ0n) is 10.9. The van der Waals surface area contributed by atoms with E-state index in [1.807, 2.05) is 24.4 Å². The summed E-state index contributed by atoms with van der Waals surface area (Å²) in [5, 5.41) is 13.6. The third kappa shape index (κ3) is 1.90. The lowest BCUT2D eigenvalue weighted by Gasteiger charge is -2.24. The molecule has 2 aromatic rings. The molecule has 0 radical (unpaired) electrons. The van der Waals surface area contributed by atoms with Gasteiger partial charge in [0.2, 0.25) is 0 Å². The summed E-state index contributed by atoms with van der Waals surface area (Å²) in [6.07, 6.45) is 4.37. The molecule has 3 rings (SSSR count). The van der Waals surface area contributed by atoms with Crippen LogP contribution in [0.3, 0.4) is 0 Å². The van der Waals surface area contributed by atoms with Crippen LogP contribution in [0, 0.1) is 5.92 Å². The van der Waals surface area contributed by atoms with E-state index in [1.54, 1.807) is 15.6 Å². The SMILES string of the molecule is CC1CCN(C(=O)c2cnn3ccccc23)C1CO. The van der Waals surface area contributed by atoms with E-state index < -0.39 is 0 Å². The van der Waals surface area contributed by atoms with Gasteiger partial charge in [0.25, 0.3) is 5.91 Å². The fourth-order valence-electron chi connectivity index (χ4n) is 2.79. The number of nitrogens with zero attached hydrogens (tertiary/aromatic N) is 3. The number of aromatic nitrogens is 2. The number of rotatable bonds is 2. The second kappa shape index (κ2) is 4.66. The molecule has 3 heterocycles. The first-order valence-electron chi connectivity index (χ1n) is 6.56. The highest BCUT2D eigenvalue weighted by atomic mass is 16.3. The minimum Gasteiger partial charge on any atom is -0.394 e. The normalized spacial score (nSPS) is 23.2. The Hall–Kier alpha value is -1.88. The number of hydrogen-bond acceptors (Lipinski definition) is 3. The van der Waals surface area contributed by atoms with Gasteiger partial charge in [-0.1, -0.05) is 13.0 Å². The fourth-order valence-corrected chi connectivity index (χ4v) is 2.79. The van der Waals surface area contributed by atoms with E-state index in [0.717, 1.165) is 11.9 Å². The summed E-state index contributed by atoms with van der Waals surface area (Å²) >= 11 is 0. The first-order valence-corrected chi connectivity index (χ1v) is 6.56. The lowest BCUT2D eigenvalue weighted by Crippen LogP contribution is -2.39. The van der Waals surface area contributed by atoms with Crippen LogP contribution < -0.4 is 0 Å². The Morgan fingerprint density at radius 2 is 2.37 bits per heavy atom. The van der Waals surface area contributed by atoms with Gasteiger partial charge < -0.3 is 10.0 Å². The molecule has 2 atom stereocenters. The van der Waals surface area contributed by atoms with Crippen LogP contribution >= 0.6 is 0 Å². The Morgan fingerprint density at radius 1 is 1.53 bits per heavy atom. The molecule has 5 nitrogen and oxygen atoms in total. The Kier molecular flexibility index (Phi) is 2.98. The average molecular weight is 259 g/mol. The minimum atomic E-state index is -0.0776. The molecule has 1 fully saturated rings. The Bertz CT molecular complexity index is 608. The van der Waals surface area contributed by atoms with Crippen molar-refractivity contribution in [2.24, 2.45) is 5.92 Å². The van der Waals surface area contributed by atoms with Crippen LogP contribution in [0.25, 0.3) is 5.52 Å². The maximum Gasteiger partial charge on any atom is 0.258 e. The number of amides is 1. The largest absolute Gasteiger partial charge is 0.394 e. The van der Waals surface area contributed by atoms with Crippen LogP contribution in [-0.2, 0) is 0 Å². The summed E-state index contributed by atoms with van der Waals surface area (Å²) in [5.74, 6) is 0.306. The topological polar surface area (TPSA) is 57.8 Å². The summed E-state index contributed by atoms with van der Waals surface area (Å²) in [5.41, 5.74) is 1.41. The van der Waals surface area contributed by atoms with Crippen molar-refractivity contribution < 1.29 is 9.90 Å². The van der Waals surface area contributed by atoms with E-state index >= 15 is 0 Å². The quantitative estimate of drug-likeness (QED) is 0.881. The molecule has 0 saturated carbocycles. The molecular formula is C14H17N3O2. The van der Waals surface area contributed by atoms with Crippen LogP contribution in [0.2, 0.25) is 0 Å². The van der Waals surface area contributed by atoms with E-state index in [2.05, 4.69) is 12.0 Å². The van der Waals surface area contributed by atoms with Gasteiger partial charge in [0, 0.05) is 12.7 Å². The highest BCUT2D eigenvalue weighted by Gasteiger charge is 2.35. The number of pyridine rings is 1. The Balaban J connectivity index is 1.96. The molecule has 2 aromatic heterocycles. The first kappa shape index (κ1) is 12.2. The number of aliphatic hydroxyl groups is 1. The molecule has 1 saturated heterocycles. The van der Waals surface area contributed by atoms with Crippen LogP contribution in [0.15, 0.2) is 30.6 Å². The standard InChI is InChI=1S/C14H17N3O2/c1-10-5-7-16(13(10)9-18)14(19)11-8-15-17-6-3-2-4-12(11)17/h2-4,6,8,10,13,18H,5,7,9H2,1H3. The monoisotopic (exact) mass is 259 g/mol. The molecule has 0 aliphatic carbocycles. The van der Waals surface area contributed by atoms with Crippen molar-refractivity contribution in [2.45, 2.75) is 19.4 Å². The predicted molar refractivity (Wildman–Crippen MR) is 70.9 cm³/mol. The number of likely N-dealkylation sites (tertiary alicyclic amines) is 1. The van der Waals surface area contributed by atoms with E-state index in [1.165, 1.54) is 0 Å². The summed E-state index contributed by atoms with van der Waals surface area (Å²) in [6.45, 7) is 2.80. The van der Waals surface area contributed by atoms with Gasteiger partial charge in [-0.25, -0.2) is 4.52 Å². The van der Waals surface area contributed by atoms with Gasteiger partial charge >= 0.3 is 0 Å². The Morgan fingerprint density at radius 3 is 3.16 bits per heavy atom. The summed E-state index contributed by atoms with van der Waals surface area (Å²) in [4.78, 5) is 14.4. The molecule has 0 aromatic carbocycles. The molecule has 0 bridgehead atoms. The van der Waals surface area contributed by atoms with E-state index in [0.29, 0.717) is 18.0 Å². The third-order valence-corrected chi connectivity index (χ3v) is 3.99. The Labute approximate surface area is 111 Å². The number of carbonyl (C=O) groups is 1. The molecule has 1 aliphatic heterocycles. The van der Waals surface area contributed by atoms with Gasteiger partial charge in [0.15, 0.2) is 0 Å². The molecule has 2 unspecified atom stereocenters. The summed E-state index contributed by atoms with van der Waals surface area (Å²) in [6, 6.07) is 5.58. The molecule has 1 N–H and O–H groups in total. The lowest BCUT2D eigenvalue weighted by atomic mass is 10.0. The lowest BCUT2D eigenvalue weighted by molar-refractivity contribution is 0.0650. The van der Waals surface area contributed by atoms with Gasteiger partial charge in [0.05, 0.1) is 29.9 Å². The number of carbonyl (C=O) groups excluding carboxylic acids is 1. The van der Waals surface area contributed by atoms with Crippen LogP contribution in [0.4, 0.5) is 0 Å². The van der Waals surface area contributed by atoms with E-state index in [-0.39, 0.29) is 18.6 Å². The third-order valence-electron chi connectivity index (χ3n) is 3.99. The van der Waals surface area contributed by atoms with Gasteiger partial charge in [-0.15, -0.1) is 0 Å². The van der Waals surface area contributed by atoms with Crippen molar-refractivity contribution in [3.05, 3.63) is 36.2 Å². The highest BCUT2D eigenvalue weighted by Crippen LogP contribution is 2.26. The second-order valence-corrected chi connectivity index (χ2v) is 5.10. The number of aliphatic hydroxyl groups excluding tert-OH is 1. The van der Waals surface area contributed by atoms with Crippen LogP contribution in [0.1, 0.15) is 23.7 Å². The van der Waals surface area contributed by atoms with Crippen molar-refractivity contribution in [3.63, 3.8) is 0 Å². The van der Waals surface area contributed by atoms with Crippen LogP contribution in [0.5, 0.6) is 0 Å². The number of fused-ring (bicyclic) bond motifs is 1. The first-order chi connectivity index (χ1) is 9.22. The summed E-state index contributed by atoms with van der Waals surface area (Å²) < 4.78 is 1.70. The van der Waals surface area contributed by atoms with Crippen molar-refractivity contribution in [1.82, 2.24) is 14.5 Å². The predicted octanol–water partition coefficient (Wildman–Crippen LogP) is 1.18. The molecule has 1 amide bonds. The molecule has 0 spiro atoms. The molecule has 1 aliphatic rings. The van der Waals surface area contributed by atoms with Gasteiger partial charge in [-0.05, 0) is 24.5 Å². The molecular weight excluding hydrogens is 242 g/mol. The second-order valence-electron chi connectivity index (χ2n) is 5.10. The van der Waals surface area contributed by atoms with Gasteiger partial charge in [0.1, 0.15) is 0 Å². The van der Waals surface area contributed by atoms with Crippen molar-refractivity contribution >= 4 is 11.4 Å². The van der Waals surface area contributed by atoms with Crippen molar-refractivity contribution in [3.8, 4) is 0 Å². The average Bonchev–Trinajstić information content (AvgIpc) is 3.01. The minimum absolute atomic E-state index is 0.0200. The van der Waals surface area contributed by atoms with Crippen LogP contribution in [-0.4, -0.2) is 44.7 Å². The molecule has 19 heavy (non-hydrogen) atoms. The van der Waals surface area contributed by atoms with Crippen molar-refractivity contribution in [2.75, 3.05) is 13.2 Å². The highest BCUT2D eigenvalue weighted by molar-refractivity contribution is 6.00. The summed E-state index contributed by atoms with van der Waals surface area (Å²) in [7, 11) is 0. The van der Waals surface area contributed by atoms with Gasteiger partial charge in [-0.2, -0.15) is 5.10 Å². The maximum absolute atomic E-state index is 12.6.